The lowest BCUT2D eigenvalue weighted by Gasteiger charge is -2.00. The molecule has 2 rings (SSSR count). The smallest absolute Gasteiger partial charge is 0.148 e. The van der Waals surface area contributed by atoms with Crippen LogP contribution in [0, 0.1) is 11.8 Å². The Morgan fingerprint density at radius 1 is 1.20 bits per heavy atom. The lowest BCUT2D eigenvalue weighted by atomic mass is 10.1. The fraction of sp³-hybridized carbons (Fsp3) is 0.267. The van der Waals surface area contributed by atoms with Crippen molar-refractivity contribution in [2.45, 2.75) is 19.8 Å². The predicted octanol–water partition coefficient (Wildman–Crippen LogP) is 1.99. The molecule has 0 aliphatic heterocycles. The molecule has 0 atom stereocenters. The molecule has 0 spiro atoms. The number of halogens is 1. The molecule has 0 aromatic carbocycles. The van der Waals surface area contributed by atoms with E-state index in [1.165, 1.54) is 6.33 Å². The number of aryl methyl sites for hydroxylation is 1. The first-order valence-electron chi connectivity index (χ1n) is 6.41. The fourth-order valence-electron chi connectivity index (χ4n) is 1.72. The molecule has 0 aliphatic rings. The predicted molar refractivity (Wildman–Crippen MR) is 79.4 cm³/mol. The molecule has 2 aromatic heterocycles. The van der Waals surface area contributed by atoms with Crippen molar-refractivity contribution in [1.29, 1.82) is 0 Å². The Hall–Kier alpha value is -1.96. The maximum Gasteiger partial charge on any atom is 0.148 e. The molecule has 4 nitrogen and oxygen atoms in total. The van der Waals surface area contributed by atoms with Crippen LogP contribution < -0.4 is 5.73 Å². The van der Waals surface area contributed by atoms with Gasteiger partial charge in [0.05, 0.1) is 11.3 Å². The van der Waals surface area contributed by atoms with E-state index in [9.17, 15) is 0 Å². The van der Waals surface area contributed by atoms with Crippen LogP contribution in [0.1, 0.15) is 29.4 Å². The third-order valence-corrected chi connectivity index (χ3v) is 3.06. The van der Waals surface area contributed by atoms with Gasteiger partial charge in [-0.25, -0.2) is 9.97 Å². The molecule has 20 heavy (non-hydrogen) atoms. The molecular formula is C15H15ClN4. The van der Waals surface area contributed by atoms with Crippen molar-refractivity contribution in [1.82, 2.24) is 15.0 Å². The fourth-order valence-corrected chi connectivity index (χ4v) is 1.92. The van der Waals surface area contributed by atoms with E-state index in [0.29, 0.717) is 17.3 Å². The largest absolute Gasteiger partial charge is 0.330 e. The van der Waals surface area contributed by atoms with Gasteiger partial charge in [-0.15, -0.1) is 0 Å². The lowest BCUT2D eigenvalue weighted by molar-refractivity contribution is 0.922. The van der Waals surface area contributed by atoms with Crippen LogP contribution in [-0.2, 0) is 12.8 Å². The summed E-state index contributed by atoms with van der Waals surface area (Å²) in [5.41, 5.74) is 8.81. The monoisotopic (exact) mass is 286 g/mol. The van der Waals surface area contributed by atoms with Crippen LogP contribution in [0.5, 0.6) is 0 Å². The number of aromatic nitrogens is 3. The van der Waals surface area contributed by atoms with Crippen LogP contribution >= 0.6 is 11.6 Å². The Morgan fingerprint density at radius 2 is 2.05 bits per heavy atom. The van der Waals surface area contributed by atoms with Crippen LogP contribution in [0.3, 0.4) is 0 Å². The van der Waals surface area contributed by atoms with Gasteiger partial charge in [-0.3, -0.25) is 4.98 Å². The zero-order valence-corrected chi connectivity index (χ0v) is 12.0. The van der Waals surface area contributed by atoms with Crippen molar-refractivity contribution in [3.8, 4) is 11.8 Å². The van der Waals surface area contributed by atoms with Crippen molar-refractivity contribution in [3.63, 3.8) is 0 Å². The van der Waals surface area contributed by atoms with Gasteiger partial charge in [0, 0.05) is 23.9 Å². The van der Waals surface area contributed by atoms with Gasteiger partial charge in [0.1, 0.15) is 11.5 Å². The summed E-state index contributed by atoms with van der Waals surface area (Å²) in [6.07, 6.45) is 4.73. The molecule has 5 heteroatoms. The quantitative estimate of drug-likeness (QED) is 0.692. The average Bonchev–Trinajstić information content (AvgIpc) is 2.47. The number of pyridine rings is 1. The van der Waals surface area contributed by atoms with Gasteiger partial charge in [0.2, 0.25) is 0 Å². The summed E-state index contributed by atoms with van der Waals surface area (Å²) in [6, 6.07) is 3.86. The molecule has 0 bridgehead atoms. The van der Waals surface area contributed by atoms with Crippen molar-refractivity contribution >= 4 is 11.6 Å². The second kappa shape index (κ2) is 6.99. The van der Waals surface area contributed by atoms with E-state index in [1.54, 1.807) is 6.20 Å². The highest BCUT2D eigenvalue weighted by molar-refractivity contribution is 6.30. The SMILES string of the molecule is CCc1ncnc(Cl)c1C#Cc1ccc(CCN)nc1. The standard InChI is InChI=1S/C15H15ClN4/c1-2-14-13(15(16)20-10-19-14)6-4-11-3-5-12(7-8-17)18-9-11/h3,5,9-10H,2,7-8,17H2,1H3. The highest BCUT2D eigenvalue weighted by atomic mass is 35.5. The van der Waals surface area contributed by atoms with Gasteiger partial charge in [-0.1, -0.05) is 30.4 Å². The summed E-state index contributed by atoms with van der Waals surface area (Å²) < 4.78 is 0. The summed E-state index contributed by atoms with van der Waals surface area (Å²) in [4.78, 5) is 12.4. The molecule has 0 saturated carbocycles. The van der Waals surface area contributed by atoms with E-state index < -0.39 is 0 Å². The van der Waals surface area contributed by atoms with Crippen molar-refractivity contribution in [3.05, 3.63) is 52.3 Å². The maximum atomic E-state index is 6.06. The molecule has 2 N–H and O–H groups in total. The Balaban J connectivity index is 2.26. The molecule has 2 aromatic rings. The van der Waals surface area contributed by atoms with Crippen LogP contribution in [0.2, 0.25) is 5.15 Å². The first kappa shape index (κ1) is 14.4. The first-order chi connectivity index (χ1) is 9.74. The van der Waals surface area contributed by atoms with E-state index in [2.05, 4.69) is 26.8 Å². The highest BCUT2D eigenvalue weighted by Crippen LogP contribution is 2.14. The van der Waals surface area contributed by atoms with Crippen molar-refractivity contribution in [2.24, 2.45) is 5.73 Å². The number of rotatable bonds is 3. The highest BCUT2D eigenvalue weighted by Gasteiger charge is 2.05. The van der Waals surface area contributed by atoms with Gasteiger partial charge in [0.15, 0.2) is 0 Å². The average molecular weight is 287 g/mol. The van der Waals surface area contributed by atoms with Gasteiger partial charge in [0.25, 0.3) is 0 Å². The second-order valence-corrected chi connectivity index (χ2v) is 4.52. The number of nitrogens with two attached hydrogens (primary N) is 1. The summed E-state index contributed by atoms with van der Waals surface area (Å²) in [5.74, 6) is 6.07. The number of nitrogens with zero attached hydrogens (tertiary/aromatic N) is 3. The Kier molecular flexibility index (Phi) is 5.05. The molecule has 2 heterocycles. The van der Waals surface area contributed by atoms with Crippen LogP contribution in [0.25, 0.3) is 0 Å². The number of hydrogen-bond donors (Lipinski definition) is 1. The van der Waals surface area contributed by atoms with Gasteiger partial charge in [-0.2, -0.15) is 0 Å². The van der Waals surface area contributed by atoms with Crippen molar-refractivity contribution in [2.75, 3.05) is 6.54 Å². The minimum absolute atomic E-state index is 0.386. The number of hydrogen-bond acceptors (Lipinski definition) is 4. The van der Waals surface area contributed by atoms with Gasteiger partial charge >= 0.3 is 0 Å². The van der Waals surface area contributed by atoms with Gasteiger partial charge in [-0.05, 0) is 25.1 Å². The van der Waals surface area contributed by atoms with Crippen molar-refractivity contribution < 1.29 is 0 Å². The minimum atomic E-state index is 0.386. The van der Waals surface area contributed by atoms with E-state index in [0.717, 1.165) is 29.8 Å². The molecule has 0 fully saturated rings. The molecule has 0 unspecified atom stereocenters. The summed E-state index contributed by atoms with van der Waals surface area (Å²) in [5, 5.41) is 0.386. The third kappa shape index (κ3) is 3.53. The van der Waals surface area contributed by atoms with E-state index in [1.807, 2.05) is 19.1 Å². The Labute approximate surface area is 123 Å². The Bertz CT molecular complexity index is 641. The van der Waals surface area contributed by atoms with Crippen LogP contribution in [0.4, 0.5) is 0 Å². The van der Waals surface area contributed by atoms with Gasteiger partial charge < -0.3 is 5.73 Å². The summed E-state index contributed by atoms with van der Waals surface area (Å²) in [7, 11) is 0. The molecule has 0 saturated heterocycles. The summed E-state index contributed by atoms with van der Waals surface area (Å²) in [6.45, 7) is 2.60. The topological polar surface area (TPSA) is 64.7 Å². The van der Waals surface area contributed by atoms with E-state index in [-0.39, 0.29) is 0 Å². The summed E-state index contributed by atoms with van der Waals surface area (Å²) >= 11 is 6.06. The third-order valence-electron chi connectivity index (χ3n) is 2.77. The molecular weight excluding hydrogens is 272 g/mol. The first-order valence-corrected chi connectivity index (χ1v) is 6.78. The lowest BCUT2D eigenvalue weighted by Crippen LogP contribution is -2.04. The molecule has 0 radical (unpaired) electrons. The van der Waals surface area contributed by atoms with Crippen LogP contribution in [-0.4, -0.2) is 21.5 Å². The zero-order valence-electron chi connectivity index (χ0n) is 11.2. The Morgan fingerprint density at radius 3 is 2.70 bits per heavy atom. The normalized spacial score (nSPS) is 9.95. The molecule has 102 valence electrons. The molecule has 0 aliphatic carbocycles. The van der Waals surface area contributed by atoms with E-state index in [4.69, 9.17) is 17.3 Å². The second-order valence-electron chi connectivity index (χ2n) is 4.17. The zero-order chi connectivity index (χ0) is 14.4. The van der Waals surface area contributed by atoms with Crippen LogP contribution in [0.15, 0.2) is 24.7 Å². The van der Waals surface area contributed by atoms with E-state index >= 15 is 0 Å². The maximum absolute atomic E-state index is 6.06. The minimum Gasteiger partial charge on any atom is -0.330 e. The molecule has 0 amide bonds.